The summed E-state index contributed by atoms with van der Waals surface area (Å²) in [5, 5.41) is 31.6. The van der Waals surface area contributed by atoms with Gasteiger partial charge in [-0.15, -0.1) is 0 Å². The number of ether oxygens (including phenoxy) is 2. The van der Waals surface area contributed by atoms with Gasteiger partial charge in [-0.25, -0.2) is 37.7 Å². The Morgan fingerprint density at radius 1 is 0.583 bits per heavy atom. The first kappa shape index (κ1) is 64.4. The molecule has 0 saturated carbocycles. The molecule has 0 saturated heterocycles. The minimum Gasteiger partial charge on any atom is -0.478 e. The number of fused-ring (bicyclic) bond motifs is 2. The monoisotopic (exact) mass is 1160 g/mol. The maximum Gasteiger partial charge on any atom is 0.339 e. The first-order valence-electron chi connectivity index (χ1n) is 26.8. The van der Waals surface area contributed by atoms with E-state index in [2.05, 4.69) is 68.2 Å². The normalized spacial score (nSPS) is 11.3. The Kier molecular flexibility index (Phi) is 21.4. The van der Waals surface area contributed by atoms with Crippen molar-refractivity contribution in [1.29, 1.82) is 0 Å². The molecule has 0 unspecified atom stereocenters. The lowest BCUT2D eigenvalue weighted by Crippen LogP contribution is -2.28. The Morgan fingerprint density at radius 3 is 1.43 bits per heavy atom. The summed E-state index contributed by atoms with van der Waals surface area (Å²) in [5.74, 6) is 2.51. The number of aromatic nitrogens is 10. The largest absolute Gasteiger partial charge is 0.478 e. The maximum atomic E-state index is 14.3. The molecule has 1 amide bonds. The van der Waals surface area contributed by atoms with E-state index in [1.54, 1.807) is 46.2 Å². The average Bonchev–Trinajstić information content (AvgIpc) is 3.86. The van der Waals surface area contributed by atoms with Crippen LogP contribution in [-0.2, 0) is 37.0 Å². The van der Waals surface area contributed by atoms with Crippen LogP contribution in [0.4, 0.5) is 8.78 Å². The molecule has 20 heteroatoms. The predicted molar refractivity (Wildman–Crippen MR) is 326 cm³/mol. The number of hydrogen-bond donors (Lipinski definition) is 3. The molecule has 0 radical (unpaired) electrons. The molecule has 17 nitrogen and oxygen atoms in total. The Labute approximate surface area is 494 Å². The van der Waals surface area contributed by atoms with Crippen LogP contribution in [0.5, 0.6) is 23.0 Å². The van der Waals surface area contributed by atoms with Crippen molar-refractivity contribution in [1.82, 2.24) is 59.2 Å². The van der Waals surface area contributed by atoms with Crippen molar-refractivity contribution >= 4 is 45.5 Å². The molecule has 0 bridgehead atoms. The number of nitrogens with zero attached hydrogens (tertiary/aromatic N) is 10. The van der Waals surface area contributed by atoms with Crippen molar-refractivity contribution in [3.63, 3.8) is 0 Å². The van der Waals surface area contributed by atoms with Crippen LogP contribution in [0.2, 0.25) is 0 Å². The number of carbonyl (C=O) groups is 2. The van der Waals surface area contributed by atoms with Crippen molar-refractivity contribution in [3.8, 4) is 34.6 Å². The van der Waals surface area contributed by atoms with Gasteiger partial charge in [0, 0.05) is 71.3 Å². The van der Waals surface area contributed by atoms with E-state index in [1.165, 1.54) is 30.5 Å². The highest BCUT2D eigenvalue weighted by molar-refractivity contribution is 6.13. The second-order valence-electron chi connectivity index (χ2n) is 22.4. The zero-order valence-corrected chi connectivity index (χ0v) is 48.3. The molecule has 10 rings (SSSR count). The number of hydrogen-bond acceptors (Lipinski definition) is 11. The third-order valence-corrected chi connectivity index (χ3v) is 12.8. The average molecular weight is 1170 g/mol. The molecule has 0 aliphatic rings. The summed E-state index contributed by atoms with van der Waals surface area (Å²) in [6.45, 7) is 22.6. The van der Waals surface area contributed by atoms with Crippen LogP contribution in [0.15, 0.2) is 146 Å². The summed E-state index contributed by atoms with van der Waals surface area (Å²) in [7, 11) is 0. The third-order valence-electron chi connectivity index (χ3n) is 12.7. The van der Waals surface area contributed by atoms with Gasteiger partial charge < -0.3 is 19.9 Å². The number of rotatable bonds is 16. The number of amides is 1. The van der Waals surface area contributed by atoms with E-state index in [1.807, 2.05) is 130 Å². The van der Waals surface area contributed by atoms with E-state index in [9.17, 15) is 23.5 Å². The molecule has 0 fully saturated rings. The number of carboxylic acid groups (broad SMARTS) is 1. The smallest absolute Gasteiger partial charge is 0.339 e. The molecule has 84 heavy (non-hydrogen) atoms. The zero-order valence-electron chi connectivity index (χ0n) is 47.5. The zero-order chi connectivity index (χ0) is 58.9. The number of carboxylic acids is 1. The summed E-state index contributed by atoms with van der Waals surface area (Å²) < 4.78 is 47.0. The summed E-state index contributed by atoms with van der Waals surface area (Å²) in [5.41, 5.74) is 4.55. The van der Waals surface area contributed by atoms with Crippen molar-refractivity contribution in [2.24, 2.45) is 11.8 Å². The number of carbonyl (C=O) groups excluding carboxylic acids is 1. The van der Waals surface area contributed by atoms with E-state index < -0.39 is 17.2 Å². The standard InChI is InChI=1S/C31H33FN6O2.C18H19ClFN3O.C13H15N3O2.2CH4/c1-20(2)19-37-26-11-10-24(15-21(26)17-35-37)40-27-12-9-23(32)14-22(27)16-34-30(39)25-18-36-38(29(25)31(3,4)5)28-8-6-7-13-33-28;1-12(2)11-23-17-5-4-16(8-13(17)10-22-23)24-18-6-3-15(20)7-14(18)9-21-19;1-13(2,3)11-9(12(17)18)8-15-16(11)10-6-4-5-7-14-10;;/h6-15,17-18,20H,16,19H2,1-5H3,(H,34,39);3-8,10,12,21H,9,11H2,1-2H3;4-8H,1-3H3,(H,17,18);2*1H4. The van der Waals surface area contributed by atoms with Gasteiger partial charge in [0.05, 0.1) is 52.8 Å². The van der Waals surface area contributed by atoms with Gasteiger partial charge in [0.15, 0.2) is 11.6 Å². The predicted octanol–water partition coefficient (Wildman–Crippen LogP) is 14.8. The molecule has 10 aromatic rings. The van der Waals surface area contributed by atoms with Crippen LogP contribution in [0.3, 0.4) is 0 Å². The fourth-order valence-corrected chi connectivity index (χ4v) is 9.32. The van der Waals surface area contributed by atoms with Gasteiger partial charge in [-0.05, 0) is 121 Å². The summed E-state index contributed by atoms with van der Waals surface area (Å²) in [4.78, 5) is 35.7. The minimum absolute atomic E-state index is 0. The van der Waals surface area contributed by atoms with E-state index in [-0.39, 0.29) is 44.1 Å². The van der Waals surface area contributed by atoms with E-state index >= 15 is 0 Å². The van der Waals surface area contributed by atoms with Gasteiger partial charge in [0.2, 0.25) is 0 Å². The van der Waals surface area contributed by atoms with E-state index in [0.717, 1.165) is 40.6 Å². The molecule has 6 aromatic heterocycles. The van der Waals surface area contributed by atoms with Crippen LogP contribution in [0.1, 0.15) is 127 Å². The van der Waals surface area contributed by atoms with Gasteiger partial charge in [0.1, 0.15) is 40.2 Å². The topological polar surface area (TPSA) is 194 Å². The number of aromatic carboxylic acids is 1. The molecule has 0 spiro atoms. The Balaban J connectivity index is 0.000000219. The van der Waals surface area contributed by atoms with Gasteiger partial charge in [0.25, 0.3) is 5.91 Å². The summed E-state index contributed by atoms with van der Waals surface area (Å²) in [6.07, 6.45) is 9.90. The van der Waals surface area contributed by atoms with Gasteiger partial charge >= 0.3 is 5.97 Å². The van der Waals surface area contributed by atoms with Crippen LogP contribution < -0.4 is 19.6 Å². The van der Waals surface area contributed by atoms with Crippen LogP contribution in [-0.4, -0.2) is 66.1 Å². The molecule has 0 atom stereocenters. The summed E-state index contributed by atoms with van der Waals surface area (Å²) >= 11 is 5.55. The second kappa shape index (κ2) is 28.0. The van der Waals surface area contributed by atoms with E-state index in [0.29, 0.717) is 75.4 Å². The van der Waals surface area contributed by atoms with Crippen molar-refractivity contribution in [3.05, 3.63) is 192 Å². The molecular formula is C64H75ClF2N12O5. The SMILES string of the molecule is C.C.CC(C)(C)c1c(C(=O)O)cnn1-c1ccccn1.CC(C)Cn1ncc2cc(Oc3ccc(F)cc3CNC(=O)c3cnn(-c4ccccn4)c3C(C)(C)C)ccc21.CC(C)Cn1ncc2cc(Oc3ccc(F)cc3CNCl)ccc21. The Bertz CT molecular complexity index is 3810. The highest BCUT2D eigenvalue weighted by Gasteiger charge is 2.30. The molecule has 0 aliphatic heterocycles. The number of nitrogens with one attached hydrogen (secondary N) is 2. The lowest BCUT2D eigenvalue weighted by molar-refractivity contribution is 0.0693. The highest BCUT2D eigenvalue weighted by atomic mass is 35.5. The van der Waals surface area contributed by atoms with Crippen molar-refractivity contribution < 1.29 is 33.0 Å². The number of halogens is 3. The Morgan fingerprint density at radius 2 is 1.02 bits per heavy atom. The van der Waals surface area contributed by atoms with Crippen molar-refractivity contribution in [2.45, 2.75) is 121 Å². The lowest BCUT2D eigenvalue weighted by Gasteiger charge is -2.22. The fraction of sp³-hybridized carbons (Fsp3) is 0.312. The first-order valence-corrected chi connectivity index (χ1v) is 27.1. The number of benzene rings is 4. The second-order valence-corrected chi connectivity index (χ2v) is 22.7. The van der Waals surface area contributed by atoms with Gasteiger partial charge in [-0.2, -0.15) is 20.4 Å². The summed E-state index contributed by atoms with van der Waals surface area (Å²) in [6, 6.07) is 31.2. The molecule has 3 N–H and O–H groups in total. The van der Waals surface area contributed by atoms with Crippen LogP contribution >= 0.6 is 11.8 Å². The van der Waals surface area contributed by atoms with Gasteiger partial charge in [-0.1, -0.05) is 96.2 Å². The molecule has 442 valence electrons. The lowest BCUT2D eigenvalue weighted by atomic mass is 9.89. The third kappa shape index (κ3) is 15.8. The first-order chi connectivity index (χ1) is 39.1. The fourth-order valence-electron chi connectivity index (χ4n) is 9.18. The van der Waals surface area contributed by atoms with Crippen LogP contribution in [0.25, 0.3) is 33.4 Å². The van der Waals surface area contributed by atoms with Gasteiger partial charge in [-0.3, -0.25) is 14.2 Å². The molecule has 0 aliphatic carbocycles. The molecular weight excluding hydrogens is 1090 g/mol. The van der Waals surface area contributed by atoms with E-state index in [4.69, 9.17) is 21.3 Å². The number of pyridine rings is 2. The quantitative estimate of drug-likeness (QED) is 0.0776. The minimum atomic E-state index is -0.970. The molecule has 6 heterocycles. The molecule has 4 aromatic carbocycles. The van der Waals surface area contributed by atoms with Crippen molar-refractivity contribution in [2.75, 3.05) is 0 Å². The highest BCUT2D eigenvalue weighted by Crippen LogP contribution is 2.33. The van der Waals surface area contributed by atoms with Crippen LogP contribution in [0, 0.1) is 23.5 Å². The maximum absolute atomic E-state index is 14.3. The Hall–Kier alpha value is -8.81.